The molecular weight excluding hydrogens is 221 g/mol. The van der Waals surface area contributed by atoms with Gasteiger partial charge in [0.15, 0.2) is 0 Å². The summed E-state index contributed by atoms with van der Waals surface area (Å²) in [6.07, 6.45) is 1.45. The summed E-state index contributed by atoms with van der Waals surface area (Å²) in [5, 5.41) is 2.62. The van der Waals surface area contributed by atoms with Crippen LogP contribution in [0.2, 0.25) is 0 Å². The van der Waals surface area contributed by atoms with Crippen LogP contribution in [0.3, 0.4) is 0 Å². The molecular formula is C12H10FN3O. The highest BCUT2D eigenvalue weighted by Gasteiger charge is 2.06. The number of benzene rings is 1. The molecule has 1 aromatic heterocycles. The summed E-state index contributed by atoms with van der Waals surface area (Å²) in [6.45, 7) is 0. The number of hydrogen-bond donors (Lipinski definition) is 2. The number of nitrogens with zero attached hydrogens (tertiary/aromatic N) is 1. The fourth-order valence-electron chi connectivity index (χ4n) is 1.33. The Morgan fingerprint density at radius 2 is 1.94 bits per heavy atom. The smallest absolute Gasteiger partial charge is 0.255 e. The van der Waals surface area contributed by atoms with Crippen LogP contribution >= 0.6 is 0 Å². The number of pyridine rings is 1. The van der Waals surface area contributed by atoms with Gasteiger partial charge in [0.05, 0.1) is 0 Å². The van der Waals surface area contributed by atoms with Crippen molar-refractivity contribution in [2.24, 2.45) is 0 Å². The molecule has 1 amide bonds. The van der Waals surface area contributed by atoms with Crippen LogP contribution in [0.1, 0.15) is 10.4 Å². The third-order valence-electron chi connectivity index (χ3n) is 2.15. The van der Waals surface area contributed by atoms with Gasteiger partial charge in [-0.2, -0.15) is 0 Å². The Morgan fingerprint density at radius 3 is 2.59 bits per heavy atom. The minimum Gasteiger partial charge on any atom is -0.384 e. The van der Waals surface area contributed by atoms with Gasteiger partial charge in [-0.25, -0.2) is 9.37 Å². The second-order valence-corrected chi connectivity index (χ2v) is 3.43. The van der Waals surface area contributed by atoms with Crippen LogP contribution in [0, 0.1) is 5.82 Å². The molecule has 3 N–H and O–H groups in total. The van der Waals surface area contributed by atoms with Gasteiger partial charge in [-0.15, -0.1) is 0 Å². The van der Waals surface area contributed by atoms with E-state index in [1.807, 2.05) is 0 Å². The molecule has 0 bridgehead atoms. The van der Waals surface area contributed by atoms with Gasteiger partial charge in [0.25, 0.3) is 5.91 Å². The molecule has 0 aliphatic rings. The molecule has 1 aromatic carbocycles. The molecule has 0 saturated carbocycles. The number of anilines is 2. The zero-order chi connectivity index (χ0) is 12.3. The van der Waals surface area contributed by atoms with Crippen LogP contribution < -0.4 is 11.1 Å². The Balaban J connectivity index is 2.14. The Bertz CT molecular complexity index is 540. The lowest BCUT2D eigenvalue weighted by molar-refractivity contribution is 0.102. The Labute approximate surface area is 97.3 Å². The Kier molecular flexibility index (Phi) is 3.00. The van der Waals surface area contributed by atoms with Crippen LogP contribution in [-0.2, 0) is 0 Å². The van der Waals surface area contributed by atoms with Crippen molar-refractivity contribution in [3.05, 3.63) is 54.0 Å². The van der Waals surface area contributed by atoms with Gasteiger partial charge < -0.3 is 11.1 Å². The lowest BCUT2D eigenvalue weighted by atomic mass is 10.2. The lowest BCUT2D eigenvalue weighted by Gasteiger charge is -2.05. The predicted octanol–water partition coefficient (Wildman–Crippen LogP) is 2.06. The molecule has 0 saturated heterocycles. The molecule has 4 nitrogen and oxygen atoms in total. The molecule has 0 radical (unpaired) electrons. The third-order valence-corrected chi connectivity index (χ3v) is 2.15. The van der Waals surface area contributed by atoms with Crippen molar-refractivity contribution in [3.63, 3.8) is 0 Å². The summed E-state index contributed by atoms with van der Waals surface area (Å²) in [7, 11) is 0. The minimum absolute atomic E-state index is 0.275. The van der Waals surface area contributed by atoms with E-state index in [0.717, 1.165) is 0 Å². The van der Waals surface area contributed by atoms with Crippen LogP contribution in [0.4, 0.5) is 15.9 Å². The number of carbonyl (C=O) groups excluding carboxylic acids is 1. The van der Waals surface area contributed by atoms with Crippen LogP contribution in [0.25, 0.3) is 0 Å². The van der Waals surface area contributed by atoms with Gasteiger partial charge in [0.2, 0.25) is 0 Å². The summed E-state index contributed by atoms with van der Waals surface area (Å²) >= 11 is 0. The van der Waals surface area contributed by atoms with Crippen LogP contribution in [0.5, 0.6) is 0 Å². The summed E-state index contributed by atoms with van der Waals surface area (Å²) in [5.41, 5.74) is 6.39. The molecule has 17 heavy (non-hydrogen) atoms. The van der Waals surface area contributed by atoms with Crippen molar-refractivity contribution in [1.82, 2.24) is 4.98 Å². The van der Waals surface area contributed by atoms with E-state index in [1.165, 1.54) is 36.5 Å². The summed E-state index contributed by atoms with van der Waals surface area (Å²) in [6, 6.07) is 8.54. The first-order valence-electron chi connectivity index (χ1n) is 4.93. The van der Waals surface area contributed by atoms with E-state index >= 15 is 0 Å². The minimum atomic E-state index is -0.351. The summed E-state index contributed by atoms with van der Waals surface area (Å²) in [5.74, 6) is -0.390. The Hall–Kier alpha value is -2.43. The highest BCUT2D eigenvalue weighted by atomic mass is 19.1. The SMILES string of the molecule is Nc1cc(C(=O)Nc2ccc(F)cc2)ccn1. The van der Waals surface area contributed by atoms with Crippen LogP contribution in [0.15, 0.2) is 42.6 Å². The first-order valence-corrected chi connectivity index (χ1v) is 4.93. The van der Waals surface area contributed by atoms with Gasteiger partial charge in [0, 0.05) is 17.4 Å². The molecule has 2 aromatic rings. The van der Waals surface area contributed by atoms with E-state index in [-0.39, 0.29) is 17.5 Å². The number of hydrogen-bond acceptors (Lipinski definition) is 3. The highest BCUT2D eigenvalue weighted by Crippen LogP contribution is 2.11. The van der Waals surface area contributed by atoms with Crippen LogP contribution in [-0.4, -0.2) is 10.9 Å². The molecule has 2 rings (SSSR count). The van der Waals surface area contributed by atoms with Crippen molar-refractivity contribution in [2.45, 2.75) is 0 Å². The summed E-state index contributed by atoms with van der Waals surface area (Å²) in [4.78, 5) is 15.6. The normalized spacial score (nSPS) is 9.94. The van der Waals surface area contributed by atoms with E-state index in [4.69, 9.17) is 5.73 Å². The van der Waals surface area contributed by atoms with Gasteiger partial charge in [0.1, 0.15) is 11.6 Å². The maximum absolute atomic E-state index is 12.7. The van der Waals surface area contributed by atoms with Crippen molar-refractivity contribution in [3.8, 4) is 0 Å². The van der Waals surface area contributed by atoms with Crippen molar-refractivity contribution in [2.75, 3.05) is 11.1 Å². The molecule has 0 unspecified atom stereocenters. The van der Waals surface area contributed by atoms with E-state index < -0.39 is 0 Å². The third kappa shape index (κ3) is 2.78. The van der Waals surface area contributed by atoms with Gasteiger partial charge in [-0.1, -0.05) is 0 Å². The van der Waals surface area contributed by atoms with Gasteiger partial charge in [-0.3, -0.25) is 4.79 Å². The zero-order valence-electron chi connectivity index (χ0n) is 8.85. The molecule has 0 atom stereocenters. The maximum atomic E-state index is 12.7. The number of carbonyl (C=O) groups is 1. The maximum Gasteiger partial charge on any atom is 0.255 e. The molecule has 0 aliphatic carbocycles. The number of halogens is 1. The first kappa shape index (κ1) is 11.1. The highest BCUT2D eigenvalue weighted by molar-refractivity contribution is 6.04. The average molecular weight is 231 g/mol. The largest absolute Gasteiger partial charge is 0.384 e. The number of nitrogens with one attached hydrogen (secondary N) is 1. The first-order chi connectivity index (χ1) is 8.15. The fraction of sp³-hybridized carbons (Fsp3) is 0. The van der Waals surface area contributed by atoms with Gasteiger partial charge >= 0.3 is 0 Å². The van der Waals surface area contributed by atoms with Crippen molar-refractivity contribution in [1.29, 1.82) is 0 Å². The molecule has 1 heterocycles. The number of aromatic nitrogens is 1. The van der Waals surface area contributed by atoms with Gasteiger partial charge in [-0.05, 0) is 36.4 Å². The average Bonchev–Trinajstić information content (AvgIpc) is 2.32. The quantitative estimate of drug-likeness (QED) is 0.831. The number of amides is 1. The van der Waals surface area contributed by atoms with Crippen molar-refractivity contribution < 1.29 is 9.18 Å². The Morgan fingerprint density at radius 1 is 1.24 bits per heavy atom. The van der Waals surface area contributed by atoms with E-state index in [2.05, 4.69) is 10.3 Å². The lowest BCUT2D eigenvalue weighted by Crippen LogP contribution is -2.12. The molecule has 0 aliphatic heterocycles. The number of rotatable bonds is 2. The second-order valence-electron chi connectivity index (χ2n) is 3.43. The standard InChI is InChI=1S/C12H10FN3O/c13-9-1-3-10(4-2-9)16-12(17)8-5-6-15-11(14)7-8/h1-7H,(H2,14,15)(H,16,17). The topological polar surface area (TPSA) is 68.0 Å². The molecule has 0 fully saturated rings. The monoisotopic (exact) mass is 231 g/mol. The van der Waals surface area contributed by atoms with E-state index in [9.17, 15) is 9.18 Å². The zero-order valence-corrected chi connectivity index (χ0v) is 8.85. The van der Waals surface area contributed by atoms with E-state index in [1.54, 1.807) is 6.07 Å². The number of nitrogen functional groups attached to an aromatic ring is 1. The molecule has 5 heteroatoms. The predicted molar refractivity (Wildman–Crippen MR) is 63.0 cm³/mol. The summed E-state index contributed by atoms with van der Waals surface area (Å²) < 4.78 is 12.7. The van der Waals surface area contributed by atoms with Crippen molar-refractivity contribution >= 4 is 17.4 Å². The molecule has 86 valence electrons. The van der Waals surface area contributed by atoms with E-state index in [0.29, 0.717) is 11.3 Å². The molecule has 0 spiro atoms. The second kappa shape index (κ2) is 4.61. The fourth-order valence-corrected chi connectivity index (χ4v) is 1.33. The number of nitrogens with two attached hydrogens (primary N) is 1.